The normalized spacial score (nSPS) is 15.6. The molecule has 1 aliphatic heterocycles. The molecule has 0 aliphatic carbocycles. The lowest BCUT2D eigenvalue weighted by Gasteiger charge is -2.39. The van der Waals surface area contributed by atoms with Crippen molar-refractivity contribution in [2.24, 2.45) is 5.73 Å². The summed E-state index contributed by atoms with van der Waals surface area (Å²) in [6.45, 7) is 8.51. The Balaban J connectivity index is 1.87. The number of hydrogen-bond acceptors (Lipinski definition) is 6. The van der Waals surface area contributed by atoms with Crippen LogP contribution in [0.1, 0.15) is 43.4 Å². The molecule has 1 amide bonds. The highest BCUT2D eigenvalue weighted by Gasteiger charge is 2.31. The Kier molecular flexibility index (Phi) is 7.63. The summed E-state index contributed by atoms with van der Waals surface area (Å²) in [4.78, 5) is 33.1. The lowest BCUT2D eigenvalue weighted by Crippen LogP contribution is -2.54. The Morgan fingerprint density at radius 1 is 1.14 bits per heavy atom. The van der Waals surface area contributed by atoms with Gasteiger partial charge in [-0.25, -0.2) is 18.4 Å². The Morgan fingerprint density at radius 3 is 2.50 bits per heavy atom. The molecular weight excluding hydrogens is 544 g/mol. The molecule has 1 aromatic heterocycles. The molecular formula is C31H33F2N5O4. The number of piperazine rings is 1. The fourth-order valence-electron chi connectivity index (χ4n) is 5.83. The van der Waals surface area contributed by atoms with Crippen LogP contribution in [0.3, 0.4) is 0 Å². The molecule has 42 heavy (non-hydrogen) atoms. The van der Waals surface area contributed by atoms with Gasteiger partial charge in [-0.1, -0.05) is 32.0 Å². The monoisotopic (exact) mass is 577 g/mol. The van der Waals surface area contributed by atoms with Crippen LogP contribution >= 0.6 is 0 Å². The topological polar surface area (TPSA) is 125 Å². The molecule has 220 valence electrons. The van der Waals surface area contributed by atoms with Crippen molar-refractivity contribution in [2.75, 3.05) is 24.5 Å². The van der Waals surface area contributed by atoms with Crippen LogP contribution in [0.15, 0.2) is 47.3 Å². The maximum absolute atomic E-state index is 15.9. The number of aromatic nitrogens is 2. The number of amides is 1. The van der Waals surface area contributed by atoms with Crippen LogP contribution in [0.2, 0.25) is 0 Å². The number of aromatic hydroxyl groups is 1. The van der Waals surface area contributed by atoms with Gasteiger partial charge in [0.05, 0.1) is 16.8 Å². The Bertz CT molecular complexity index is 1750. The van der Waals surface area contributed by atoms with Crippen molar-refractivity contribution in [3.63, 3.8) is 0 Å². The molecule has 5 rings (SSSR count). The maximum atomic E-state index is 15.9. The van der Waals surface area contributed by atoms with Gasteiger partial charge in [0.1, 0.15) is 23.2 Å². The zero-order valence-electron chi connectivity index (χ0n) is 23.9. The number of benzene rings is 3. The lowest BCUT2D eigenvalue weighted by molar-refractivity contribution is 0.136. The molecule has 4 N–H and O–H groups in total. The second kappa shape index (κ2) is 11.1. The summed E-state index contributed by atoms with van der Waals surface area (Å²) in [6.07, 6.45) is -1.05. The minimum atomic E-state index is -1.05. The second-order valence-electron chi connectivity index (χ2n) is 11.0. The van der Waals surface area contributed by atoms with Crippen LogP contribution in [0.4, 0.5) is 19.4 Å². The van der Waals surface area contributed by atoms with Crippen LogP contribution in [0.25, 0.3) is 27.7 Å². The van der Waals surface area contributed by atoms with Crippen LogP contribution in [0.5, 0.6) is 5.75 Å². The molecule has 0 saturated carbocycles. The van der Waals surface area contributed by atoms with E-state index < -0.39 is 29.2 Å². The summed E-state index contributed by atoms with van der Waals surface area (Å²) in [6, 6.07) is 9.73. The van der Waals surface area contributed by atoms with Crippen molar-refractivity contribution in [1.82, 2.24) is 14.5 Å². The molecule has 0 radical (unpaired) electrons. The van der Waals surface area contributed by atoms with Gasteiger partial charge in [-0.3, -0.25) is 4.57 Å². The van der Waals surface area contributed by atoms with E-state index in [1.165, 1.54) is 33.7 Å². The summed E-state index contributed by atoms with van der Waals surface area (Å²) in [5, 5.41) is 20.3. The number of nitrogens with zero attached hydrogens (tertiary/aromatic N) is 4. The van der Waals surface area contributed by atoms with Gasteiger partial charge in [-0.05, 0) is 60.7 Å². The van der Waals surface area contributed by atoms with Crippen molar-refractivity contribution in [3.05, 3.63) is 81.3 Å². The number of nitrogens with two attached hydrogens (primary N) is 1. The summed E-state index contributed by atoms with van der Waals surface area (Å²) >= 11 is 0. The van der Waals surface area contributed by atoms with Crippen molar-refractivity contribution < 1.29 is 23.8 Å². The number of aryl methyl sites for hydroxylation is 1. The van der Waals surface area contributed by atoms with E-state index in [1.54, 1.807) is 4.90 Å². The molecule has 1 fully saturated rings. The van der Waals surface area contributed by atoms with Crippen molar-refractivity contribution in [2.45, 2.75) is 46.2 Å². The maximum Gasteiger partial charge on any atom is 0.407 e. The average Bonchev–Trinajstić information content (AvgIpc) is 2.93. The van der Waals surface area contributed by atoms with E-state index in [-0.39, 0.29) is 54.1 Å². The van der Waals surface area contributed by atoms with Gasteiger partial charge in [-0.2, -0.15) is 4.98 Å². The van der Waals surface area contributed by atoms with Crippen molar-refractivity contribution in [1.29, 1.82) is 0 Å². The summed E-state index contributed by atoms with van der Waals surface area (Å²) in [7, 11) is 0. The number of phenolic OH excluding ortho intramolecular Hbond substituents is 1. The summed E-state index contributed by atoms with van der Waals surface area (Å²) in [5.74, 6) is -1.89. The Morgan fingerprint density at radius 2 is 1.88 bits per heavy atom. The number of anilines is 1. The van der Waals surface area contributed by atoms with Gasteiger partial charge >= 0.3 is 11.8 Å². The van der Waals surface area contributed by atoms with Crippen LogP contribution in [0, 0.1) is 18.6 Å². The highest BCUT2D eigenvalue weighted by Crippen LogP contribution is 2.39. The van der Waals surface area contributed by atoms with E-state index in [4.69, 9.17) is 5.73 Å². The Hall–Kier alpha value is -4.51. The average molecular weight is 578 g/mol. The second-order valence-corrected chi connectivity index (χ2v) is 11.0. The number of hydrogen-bond donors (Lipinski definition) is 3. The highest BCUT2D eigenvalue weighted by atomic mass is 19.1. The fourth-order valence-corrected chi connectivity index (χ4v) is 5.83. The number of rotatable bonds is 5. The van der Waals surface area contributed by atoms with Crippen molar-refractivity contribution in [3.8, 4) is 22.6 Å². The molecule has 1 saturated heterocycles. The molecule has 3 aromatic carbocycles. The minimum absolute atomic E-state index is 0.0218. The van der Waals surface area contributed by atoms with E-state index in [1.807, 2.05) is 39.8 Å². The van der Waals surface area contributed by atoms with E-state index in [2.05, 4.69) is 4.98 Å². The van der Waals surface area contributed by atoms with Crippen LogP contribution < -0.4 is 16.3 Å². The van der Waals surface area contributed by atoms with Gasteiger partial charge in [-0.15, -0.1) is 0 Å². The highest BCUT2D eigenvalue weighted by molar-refractivity contribution is 5.95. The largest absolute Gasteiger partial charge is 0.507 e. The molecule has 0 spiro atoms. The predicted molar refractivity (Wildman–Crippen MR) is 157 cm³/mol. The smallest absolute Gasteiger partial charge is 0.407 e. The number of fused-ring (bicyclic) bond motifs is 1. The van der Waals surface area contributed by atoms with Crippen LogP contribution in [-0.2, 0) is 6.54 Å². The first-order valence-corrected chi connectivity index (χ1v) is 13.7. The third kappa shape index (κ3) is 4.94. The molecule has 2 heterocycles. The molecule has 9 nitrogen and oxygen atoms in total. The number of carboxylic acid groups (broad SMARTS) is 1. The molecule has 1 atom stereocenters. The predicted octanol–water partition coefficient (Wildman–Crippen LogP) is 5.12. The summed E-state index contributed by atoms with van der Waals surface area (Å²) in [5.41, 5.74) is 8.07. The first kappa shape index (κ1) is 29.0. The quantitative estimate of drug-likeness (QED) is 0.301. The molecule has 4 aromatic rings. The molecule has 0 bridgehead atoms. The molecule has 11 heteroatoms. The molecule has 0 unspecified atom stereocenters. The summed E-state index contributed by atoms with van der Waals surface area (Å²) < 4.78 is 32.3. The van der Waals surface area contributed by atoms with Gasteiger partial charge < -0.3 is 25.7 Å². The first-order chi connectivity index (χ1) is 19.9. The number of phenols is 1. The minimum Gasteiger partial charge on any atom is -0.507 e. The van der Waals surface area contributed by atoms with E-state index in [0.29, 0.717) is 17.6 Å². The number of halogens is 2. The zero-order valence-corrected chi connectivity index (χ0v) is 23.9. The van der Waals surface area contributed by atoms with E-state index in [9.17, 15) is 24.2 Å². The van der Waals surface area contributed by atoms with Gasteiger partial charge in [0.15, 0.2) is 0 Å². The standard InChI is InChI=1S/C31H33F2N5O4/c1-16(2)20-11-19(14-34)10-17(3)28(20)38-25-13-21(27-23(32)6-5-7-26(27)39)24(33)12-22(25)29(35-30(38)40)37-9-8-36(31(41)42)15-18(37)4/h5-7,10-13,16,18,39H,8-9,14-15,34H2,1-4H3,(H,41,42)/t18-/m0/s1. The van der Waals surface area contributed by atoms with Crippen molar-refractivity contribution >= 4 is 22.8 Å². The molecule has 1 aliphatic rings. The first-order valence-electron chi connectivity index (χ1n) is 13.7. The fraction of sp³-hybridized carbons (Fsp3) is 0.323. The zero-order chi connectivity index (χ0) is 30.5. The van der Waals surface area contributed by atoms with E-state index in [0.717, 1.165) is 22.8 Å². The lowest BCUT2D eigenvalue weighted by atomic mass is 9.94. The number of carbonyl (C=O) groups is 1. The van der Waals surface area contributed by atoms with E-state index >= 15 is 4.39 Å². The third-order valence-electron chi connectivity index (χ3n) is 7.86. The Labute approximate surface area is 241 Å². The SMILES string of the molecule is Cc1cc(CN)cc(C(C)C)c1-n1c(=O)nc(N2CCN(C(=O)O)C[C@@H]2C)c2cc(F)c(-c3c(O)cccc3F)cc21. The van der Waals surface area contributed by atoms with Gasteiger partial charge in [0, 0.05) is 43.2 Å². The van der Waals surface area contributed by atoms with Gasteiger partial charge in [0.25, 0.3) is 0 Å². The van der Waals surface area contributed by atoms with Crippen LogP contribution in [-0.4, -0.2) is 56.4 Å². The van der Waals surface area contributed by atoms with Gasteiger partial charge in [0.2, 0.25) is 0 Å². The third-order valence-corrected chi connectivity index (χ3v) is 7.86.